The first-order valence-electron chi connectivity index (χ1n) is 6.28. The average Bonchev–Trinajstić information content (AvgIpc) is 2.26. The molecule has 19 heavy (non-hydrogen) atoms. The lowest BCUT2D eigenvalue weighted by molar-refractivity contribution is 0.376. The minimum Gasteiger partial charge on any atom is -0.355 e. The lowest BCUT2D eigenvalue weighted by Crippen LogP contribution is -2.51. The van der Waals surface area contributed by atoms with Gasteiger partial charge in [0.1, 0.15) is 0 Å². The Balaban J connectivity index is 2.42. The van der Waals surface area contributed by atoms with E-state index >= 15 is 0 Å². The smallest absolute Gasteiger partial charge is 0.208 e. The lowest BCUT2D eigenvalue weighted by Gasteiger charge is -2.39. The summed E-state index contributed by atoms with van der Waals surface area (Å²) in [6.07, 6.45) is 1.16. The number of rotatable bonds is 4. The number of thioether (sulfide) groups is 1. The van der Waals surface area contributed by atoms with Crippen LogP contribution in [0.1, 0.15) is 13.8 Å². The molecule has 1 saturated heterocycles. The maximum absolute atomic E-state index is 10.9. The second-order valence-corrected chi connectivity index (χ2v) is 8.81. The van der Waals surface area contributed by atoms with Crippen LogP contribution in [0.15, 0.2) is 4.99 Å². The van der Waals surface area contributed by atoms with Crippen molar-refractivity contribution in [3.05, 3.63) is 0 Å². The molecular formula is C11H24N4O2S2. The molecule has 1 aliphatic rings. The van der Waals surface area contributed by atoms with Gasteiger partial charge in [-0.15, -0.1) is 0 Å². The summed E-state index contributed by atoms with van der Waals surface area (Å²) in [6, 6.07) is 0. The van der Waals surface area contributed by atoms with Crippen LogP contribution in [0.25, 0.3) is 0 Å². The molecule has 0 bridgehead atoms. The van der Waals surface area contributed by atoms with E-state index in [-0.39, 0.29) is 4.75 Å². The largest absolute Gasteiger partial charge is 0.355 e. The van der Waals surface area contributed by atoms with Crippen LogP contribution in [0.2, 0.25) is 0 Å². The number of guanidine groups is 1. The number of hydrogen-bond acceptors (Lipinski definition) is 4. The van der Waals surface area contributed by atoms with Crippen molar-refractivity contribution in [3.63, 3.8) is 0 Å². The van der Waals surface area contributed by atoms with E-state index in [0.717, 1.165) is 31.1 Å². The van der Waals surface area contributed by atoms with Gasteiger partial charge in [-0.25, -0.2) is 13.1 Å². The van der Waals surface area contributed by atoms with Crippen LogP contribution in [0.5, 0.6) is 0 Å². The monoisotopic (exact) mass is 308 g/mol. The third-order valence-corrected chi connectivity index (χ3v) is 4.74. The average molecular weight is 308 g/mol. The van der Waals surface area contributed by atoms with Crippen molar-refractivity contribution >= 4 is 27.7 Å². The third kappa shape index (κ3) is 6.49. The van der Waals surface area contributed by atoms with Crippen LogP contribution >= 0.6 is 11.8 Å². The van der Waals surface area contributed by atoms with Gasteiger partial charge in [-0.05, 0) is 13.8 Å². The van der Waals surface area contributed by atoms with Crippen LogP contribution in [-0.4, -0.2) is 69.3 Å². The number of nitrogens with one attached hydrogen (secondary N) is 2. The van der Waals surface area contributed by atoms with Gasteiger partial charge in [0, 0.05) is 43.7 Å². The Morgan fingerprint density at radius 3 is 2.63 bits per heavy atom. The quantitative estimate of drug-likeness (QED) is 0.432. The van der Waals surface area contributed by atoms with Crippen molar-refractivity contribution in [3.8, 4) is 0 Å². The van der Waals surface area contributed by atoms with E-state index in [1.165, 1.54) is 0 Å². The molecule has 2 N–H and O–H groups in total. The van der Waals surface area contributed by atoms with Gasteiger partial charge >= 0.3 is 0 Å². The highest BCUT2D eigenvalue weighted by Crippen LogP contribution is 2.29. The molecule has 0 saturated carbocycles. The van der Waals surface area contributed by atoms with Crippen molar-refractivity contribution in [1.29, 1.82) is 0 Å². The van der Waals surface area contributed by atoms with Crippen LogP contribution in [0.3, 0.4) is 0 Å². The Kier molecular flexibility index (Phi) is 5.94. The highest BCUT2D eigenvalue weighted by atomic mass is 32.2. The fraction of sp³-hybridized carbons (Fsp3) is 0.909. The zero-order valence-corrected chi connectivity index (χ0v) is 13.7. The van der Waals surface area contributed by atoms with Crippen molar-refractivity contribution < 1.29 is 8.42 Å². The van der Waals surface area contributed by atoms with Crippen molar-refractivity contribution in [1.82, 2.24) is 14.9 Å². The minimum atomic E-state index is -3.12. The number of aliphatic imine (C=N–C) groups is 1. The Bertz CT molecular complexity index is 420. The lowest BCUT2D eigenvalue weighted by atomic mass is 10.2. The first-order valence-corrected chi connectivity index (χ1v) is 9.15. The van der Waals surface area contributed by atoms with Gasteiger partial charge < -0.3 is 10.2 Å². The molecule has 6 nitrogen and oxygen atoms in total. The molecule has 0 spiro atoms. The summed E-state index contributed by atoms with van der Waals surface area (Å²) in [6.45, 7) is 7.25. The number of sulfonamides is 1. The molecule has 1 heterocycles. The van der Waals surface area contributed by atoms with Crippen molar-refractivity contribution in [2.24, 2.45) is 4.99 Å². The second-order valence-electron chi connectivity index (χ2n) is 5.17. The Morgan fingerprint density at radius 2 is 2.11 bits per heavy atom. The standard InChI is InChI=1S/C11H24N4O2S2/c1-11(2)9-15(7-8-18-11)10(12-3)13-5-6-14-19(4,16)17/h14H,5-9H2,1-4H3,(H,12,13). The van der Waals surface area contributed by atoms with Gasteiger partial charge in [0.2, 0.25) is 10.0 Å². The summed E-state index contributed by atoms with van der Waals surface area (Å²) in [4.78, 5) is 6.48. The minimum absolute atomic E-state index is 0.223. The summed E-state index contributed by atoms with van der Waals surface area (Å²) < 4.78 is 24.6. The van der Waals surface area contributed by atoms with Crippen molar-refractivity contribution in [2.45, 2.75) is 18.6 Å². The summed E-state index contributed by atoms with van der Waals surface area (Å²) >= 11 is 1.97. The molecule has 0 unspecified atom stereocenters. The molecule has 112 valence electrons. The first kappa shape index (κ1) is 16.6. The fourth-order valence-corrected chi connectivity index (χ4v) is 3.52. The topological polar surface area (TPSA) is 73.8 Å². The zero-order chi connectivity index (χ0) is 14.5. The summed E-state index contributed by atoms with van der Waals surface area (Å²) in [5, 5.41) is 3.19. The van der Waals surface area contributed by atoms with E-state index in [2.05, 4.69) is 33.8 Å². The summed E-state index contributed by atoms with van der Waals surface area (Å²) in [5.41, 5.74) is 0. The van der Waals surface area contributed by atoms with E-state index in [1.807, 2.05) is 11.8 Å². The number of nitrogens with zero attached hydrogens (tertiary/aromatic N) is 2. The molecule has 0 aliphatic carbocycles. The van der Waals surface area contributed by atoms with E-state index in [1.54, 1.807) is 7.05 Å². The molecule has 8 heteroatoms. The van der Waals surface area contributed by atoms with Gasteiger partial charge in [0.05, 0.1) is 6.26 Å². The Labute approximate surface area is 120 Å². The molecule has 0 radical (unpaired) electrons. The zero-order valence-electron chi connectivity index (χ0n) is 12.1. The molecule has 0 aromatic rings. The fourth-order valence-electron chi connectivity index (χ4n) is 1.94. The van der Waals surface area contributed by atoms with E-state index < -0.39 is 10.0 Å². The van der Waals surface area contributed by atoms with Gasteiger partial charge in [-0.1, -0.05) is 0 Å². The molecular weight excluding hydrogens is 284 g/mol. The van der Waals surface area contributed by atoms with Crippen LogP contribution in [-0.2, 0) is 10.0 Å². The van der Waals surface area contributed by atoms with E-state index in [4.69, 9.17) is 0 Å². The molecule has 0 aromatic heterocycles. The SMILES string of the molecule is CN=C(NCCNS(C)(=O)=O)N1CCSC(C)(C)C1. The highest BCUT2D eigenvalue weighted by Gasteiger charge is 2.28. The van der Waals surface area contributed by atoms with Gasteiger partial charge in [0.15, 0.2) is 5.96 Å². The first-order chi connectivity index (χ1) is 8.73. The maximum atomic E-state index is 10.9. The third-order valence-electron chi connectivity index (χ3n) is 2.71. The van der Waals surface area contributed by atoms with Crippen LogP contribution in [0, 0.1) is 0 Å². The second kappa shape index (κ2) is 6.81. The van der Waals surface area contributed by atoms with E-state index in [9.17, 15) is 8.42 Å². The van der Waals surface area contributed by atoms with Crippen molar-refractivity contribution in [2.75, 3.05) is 45.2 Å². The predicted octanol–water partition coefficient (Wildman–Crippen LogP) is -0.0616. The molecule has 0 amide bonds. The Morgan fingerprint density at radius 1 is 1.42 bits per heavy atom. The molecule has 1 rings (SSSR count). The summed E-state index contributed by atoms with van der Waals surface area (Å²) in [5.74, 6) is 1.92. The molecule has 1 aliphatic heterocycles. The Hall–Kier alpha value is -0.470. The predicted molar refractivity (Wildman–Crippen MR) is 82.3 cm³/mol. The molecule has 0 atom stereocenters. The normalized spacial score (nSPS) is 20.4. The van der Waals surface area contributed by atoms with Gasteiger partial charge in [0.25, 0.3) is 0 Å². The van der Waals surface area contributed by atoms with Crippen LogP contribution in [0.4, 0.5) is 0 Å². The molecule has 1 fully saturated rings. The van der Waals surface area contributed by atoms with Gasteiger partial charge in [-0.2, -0.15) is 11.8 Å². The molecule has 0 aromatic carbocycles. The van der Waals surface area contributed by atoms with Crippen LogP contribution < -0.4 is 10.0 Å². The highest BCUT2D eigenvalue weighted by molar-refractivity contribution is 8.00. The van der Waals surface area contributed by atoms with Gasteiger partial charge in [-0.3, -0.25) is 4.99 Å². The summed E-state index contributed by atoms with van der Waals surface area (Å²) in [7, 11) is -1.37. The maximum Gasteiger partial charge on any atom is 0.208 e. The van der Waals surface area contributed by atoms with E-state index in [0.29, 0.717) is 13.1 Å². The number of hydrogen-bond donors (Lipinski definition) is 2.